The maximum Gasteiger partial charge on any atom is 0.269 e. The number of nitrogens with one attached hydrogen (secondary N) is 1. The summed E-state index contributed by atoms with van der Waals surface area (Å²) in [5, 5.41) is 34.2. The largest absolute Gasteiger partial charge is 0.395 e. The first-order valence-corrected chi connectivity index (χ1v) is 8.41. The Bertz CT molecular complexity index is 484. The fourth-order valence-corrected chi connectivity index (χ4v) is 3.19. The number of non-ortho nitro benzene ring substituents is 1. The van der Waals surface area contributed by atoms with Gasteiger partial charge in [0.25, 0.3) is 5.69 Å². The van der Waals surface area contributed by atoms with Crippen molar-refractivity contribution in [1.82, 2.24) is 5.32 Å². The van der Waals surface area contributed by atoms with E-state index in [-0.39, 0.29) is 12.3 Å². The molecule has 128 valence electrons. The number of hydrogen-bond acceptors (Lipinski definition) is 5. The number of nitrogens with zero attached hydrogens (tertiary/aromatic N) is 1. The summed E-state index contributed by atoms with van der Waals surface area (Å²) >= 11 is 0. The highest BCUT2D eigenvalue weighted by Gasteiger charge is 2.24. The highest BCUT2D eigenvalue weighted by Crippen LogP contribution is 2.23. The summed E-state index contributed by atoms with van der Waals surface area (Å²) in [6, 6.07) is 5.70. The molecule has 0 amide bonds. The zero-order valence-electron chi connectivity index (χ0n) is 13.4. The molecule has 1 aromatic carbocycles. The Balaban J connectivity index is 1.99. The maximum atomic E-state index is 10.7. The number of nitro benzene ring substituents is 1. The third-order valence-corrected chi connectivity index (χ3v) is 4.58. The zero-order valence-corrected chi connectivity index (χ0v) is 13.4. The molecule has 0 heterocycles. The van der Waals surface area contributed by atoms with E-state index in [4.69, 9.17) is 0 Å². The molecule has 0 aliphatic heterocycles. The topological polar surface area (TPSA) is 95.6 Å². The quantitative estimate of drug-likeness (QED) is 0.553. The lowest BCUT2D eigenvalue weighted by atomic mass is 9.94. The van der Waals surface area contributed by atoms with Crippen molar-refractivity contribution < 1.29 is 15.1 Å². The van der Waals surface area contributed by atoms with E-state index in [1.165, 1.54) is 44.2 Å². The molecule has 2 atom stereocenters. The van der Waals surface area contributed by atoms with Gasteiger partial charge in [-0.1, -0.05) is 32.1 Å². The van der Waals surface area contributed by atoms with E-state index < -0.39 is 17.1 Å². The van der Waals surface area contributed by atoms with E-state index in [2.05, 4.69) is 5.32 Å². The molecule has 1 aromatic rings. The van der Waals surface area contributed by atoms with Crippen LogP contribution in [0.15, 0.2) is 24.3 Å². The van der Waals surface area contributed by atoms with Gasteiger partial charge in [0.2, 0.25) is 0 Å². The van der Waals surface area contributed by atoms with E-state index in [9.17, 15) is 20.3 Å². The van der Waals surface area contributed by atoms with Crippen molar-refractivity contribution in [2.75, 3.05) is 6.61 Å². The van der Waals surface area contributed by atoms with Gasteiger partial charge in [-0.3, -0.25) is 10.1 Å². The first kappa shape index (κ1) is 17.8. The Morgan fingerprint density at radius 1 is 1.13 bits per heavy atom. The average Bonchev–Trinajstić information content (AvgIpc) is 2.53. The predicted octanol–water partition coefficient (Wildman–Crippen LogP) is 2.69. The number of aliphatic hydroxyl groups excluding tert-OH is 2. The van der Waals surface area contributed by atoms with Gasteiger partial charge >= 0.3 is 0 Å². The first-order chi connectivity index (χ1) is 11.1. The summed E-state index contributed by atoms with van der Waals surface area (Å²) in [5.41, 5.74) is 0.572. The van der Waals surface area contributed by atoms with Crippen LogP contribution in [0.25, 0.3) is 0 Å². The molecule has 2 rings (SSSR count). The van der Waals surface area contributed by atoms with Crippen LogP contribution in [0.1, 0.15) is 56.6 Å². The monoisotopic (exact) mass is 322 g/mol. The number of aliphatic hydroxyl groups is 2. The third-order valence-electron chi connectivity index (χ3n) is 4.58. The first-order valence-electron chi connectivity index (χ1n) is 8.41. The fraction of sp³-hybridized carbons (Fsp3) is 0.647. The SMILES string of the molecule is O=[N+]([O-])c1ccc(C(O)C(CO)NC2CCCCCCC2)cc1. The van der Waals surface area contributed by atoms with Gasteiger partial charge in [0.15, 0.2) is 0 Å². The highest BCUT2D eigenvalue weighted by molar-refractivity contribution is 5.34. The van der Waals surface area contributed by atoms with Crippen LogP contribution in [0.3, 0.4) is 0 Å². The standard InChI is InChI=1S/C17H26N2O4/c20-12-16(18-14-6-4-2-1-3-5-7-14)17(21)13-8-10-15(11-9-13)19(22)23/h8-11,14,16-18,20-21H,1-7,12H2. The molecule has 1 saturated carbocycles. The molecule has 0 spiro atoms. The molecule has 0 saturated heterocycles. The second kappa shape index (κ2) is 8.96. The van der Waals surface area contributed by atoms with Gasteiger partial charge in [-0.2, -0.15) is 0 Å². The molecule has 1 aliphatic carbocycles. The fourth-order valence-electron chi connectivity index (χ4n) is 3.19. The number of benzene rings is 1. The lowest BCUT2D eigenvalue weighted by Gasteiger charge is -2.29. The Morgan fingerprint density at radius 3 is 2.22 bits per heavy atom. The van der Waals surface area contributed by atoms with Crippen molar-refractivity contribution in [2.24, 2.45) is 0 Å². The summed E-state index contributed by atoms with van der Waals surface area (Å²) in [4.78, 5) is 10.2. The van der Waals surface area contributed by atoms with Gasteiger partial charge in [0.05, 0.1) is 23.7 Å². The molecular formula is C17H26N2O4. The molecule has 23 heavy (non-hydrogen) atoms. The van der Waals surface area contributed by atoms with Crippen molar-refractivity contribution in [3.63, 3.8) is 0 Å². The van der Waals surface area contributed by atoms with Crippen molar-refractivity contribution in [1.29, 1.82) is 0 Å². The van der Waals surface area contributed by atoms with Crippen LogP contribution >= 0.6 is 0 Å². The molecule has 0 bridgehead atoms. The highest BCUT2D eigenvalue weighted by atomic mass is 16.6. The van der Waals surface area contributed by atoms with E-state index in [1.54, 1.807) is 12.1 Å². The number of hydrogen-bond donors (Lipinski definition) is 3. The van der Waals surface area contributed by atoms with Crippen LogP contribution in [0.5, 0.6) is 0 Å². The normalized spacial score (nSPS) is 19.6. The van der Waals surface area contributed by atoms with Crippen LogP contribution in [-0.4, -0.2) is 33.8 Å². The molecule has 1 fully saturated rings. The molecule has 2 unspecified atom stereocenters. The second-order valence-corrected chi connectivity index (χ2v) is 6.29. The van der Waals surface area contributed by atoms with E-state index in [0.717, 1.165) is 12.8 Å². The Hall–Kier alpha value is -1.50. The van der Waals surface area contributed by atoms with E-state index in [1.807, 2.05) is 0 Å². The van der Waals surface area contributed by atoms with Crippen LogP contribution < -0.4 is 5.32 Å². The second-order valence-electron chi connectivity index (χ2n) is 6.29. The molecule has 3 N–H and O–H groups in total. The van der Waals surface area contributed by atoms with Crippen LogP contribution in [0.4, 0.5) is 5.69 Å². The summed E-state index contributed by atoms with van der Waals surface area (Å²) in [6.07, 6.45) is 7.35. The number of rotatable bonds is 6. The maximum absolute atomic E-state index is 10.7. The summed E-state index contributed by atoms with van der Waals surface area (Å²) in [5.74, 6) is 0. The van der Waals surface area contributed by atoms with Crippen LogP contribution in [-0.2, 0) is 0 Å². The Labute approximate surface area is 136 Å². The summed E-state index contributed by atoms with van der Waals surface area (Å²) in [7, 11) is 0. The average molecular weight is 322 g/mol. The smallest absolute Gasteiger partial charge is 0.269 e. The van der Waals surface area contributed by atoms with Gasteiger partial charge in [-0.15, -0.1) is 0 Å². The van der Waals surface area contributed by atoms with Gasteiger partial charge in [0.1, 0.15) is 0 Å². The van der Waals surface area contributed by atoms with Crippen molar-refractivity contribution in [3.8, 4) is 0 Å². The van der Waals surface area contributed by atoms with Crippen LogP contribution in [0, 0.1) is 10.1 Å². The summed E-state index contributed by atoms with van der Waals surface area (Å²) in [6.45, 7) is -0.172. The summed E-state index contributed by atoms with van der Waals surface area (Å²) < 4.78 is 0. The van der Waals surface area contributed by atoms with Crippen LogP contribution in [0.2, 0.25) is 0 Å². The molecule has 6 nitrogen and oxygen atoms in total. The van der Waals surface area contributed by atoms with E-state index in [0.29, 0.717) is 11.6 Å². The predicted molar refractivity (Wildman–Crippen MR) is 88.2 cm³/mol. The van der Waals surface area contributed by atoms with Crippen molar-refractivity contribution in [2.45, 2.75) is 63.1 Å². The Kier molecular flexibility index (Phi) is 6.95. The zero-order chi connectivity index (χ0) is 16.7. The minimum atomic E-state index is -0.883. The lowest BCUT2D eigenvalue weighted by Crippen LogP contribution is -2.44. The van der Waals surface area contributed by atoms with Gasteiger partial charge in [-0.25, -0.2) is 0 Å². The van der Waals surface area contributed by atoms with Crippen molar-refractivity contribution >= 4 is 5.69 Å². The van der Waals surface area contributed by atoms with Gasteiger partial charge in [0, 0.05) is 18.2 Å². The number of nitro groups is 1. The molecule has 0 radical (unpaired) electrons. The lowest BCUT2D eigenvalue weighted by molar-refractivity contribution is -0.384. The minimum absolute atomic E-state index is 0.00512. The molecular weight excluding hydrogens is 296 g/mol. The van der Waals surface area contributed by atoms with E-state index >= 15 is 0 Å². The van der Waals surface area contributed by atoms with Gasteiger partial charge < -0.3 is 15.5 Å². The molecule has 0 aromatic heterocycles. The van der Waals surface area contributed by atoms with Crippen molar-refractivity contribution in [3.05, 3.63) is 39.9 Å². The Morgan fingerprint density at radius 2 is 1.70 bits per heavy atom. The third kappa shape index (κ3) is 5.27. The minimum Gasteiger partial charge on any atom is -0.395 e. The van der Waals surface area contributed by atoms with Gasteiger partial charge in [-0.05, 0) is 30.5 Å². The molecule has 6 heteroatoms. The molecule has 1 aliphatic rings.